The minimum absolute atomic E-state index is 0.260. The number of rotatable bonds is 5. The number of hydrogen-bond donors (Lipinski definition) is 1. The molecule has 0 amide bonds. The van der Waals surface area contributed by atoms with Crippen LogP contribution in [-0.4, -0.2) is 19.1 Å². The molecule has 0 saturated carbocycles. The lowest BCUT2D eigenvalue weighted by Crippen LogP contribution is -2.26. The molecule has 0 aliphatic heterocycles. The van der Waals surface area contributed by atoms with Crippen molar-refractivity contribution in [3.05, 3.63) is 28.2 Å². The van der Waals surface area contributed by atoms with Crippen molar-refractivity contribution >= 4 is 21.6 Å². The quantitative estimate of drug-likeness (QED) is 0.900. The molecular weight excluding hydrogens is 276 g/mol. The van der Waals surface area contributed by atoms with E-state index in [2.05, 4.69) is 66.8 Å². The molecule has 0 aliphatic carbocycles. The number of nitrogens with zero attached hydrogens (tertiary/aromatic N) is 1. The van der Waals surface area contributed by atoms with Crippen molar-refractivity contribution in [2.45, 2.75) is 45.7 Å². The molecule has 0 radical (unpaired) electrons. The van der Waals surface area contributed by atoms with Gasteiger partial charge in [-0.1, -0.05) is 13.0 Å². The topological polar surface area (TPSA) is 29.3 Å². The van der Waals surface area contributed by atoms with E-state index >= 15 is 0 Å². The minimum atomic E-state index is 0.260. The average Bonchev–Trinajstić information content (AvgIpc) is 2.28. The van der Waals surface area contributed by atoms with E-state index in [9.17, 15) is 0 Å². The Hall–Kier alpha value is -0.540. The standard InChI is InChI=1S/C14H23BrN2/c1-5-12(16)8-11-6-7-14(13(15)9-11)17(4)10(2)3/h6-7,9-10,12H,5,8,16H2,1-4H3. The third kappa shape index (κ3) is 4.00. The molecule has 0 aliphatic rings. The molecule has 0 bridgehead atoms. The molecule has 1 aromatic rings. The van der Waals surface area contributed by atoms with Gasteiger partial charge in [0.15, 0.2) is 0 Å². The van der Waals surface area contributed by atoms with E-state index in [-0.39, 0.29) is 6.04 Å². The van der Waals surface area contributed by atoms with Crippen LogP contribution in [-0.2, 0) is 6.42 Å². The third-order valence-corrected chi connectivity index (χ3v) is 3.82. The third-order valence-electron chi connectivity index (χ3n) is 3.19. The van der Waals surface area contributed by atoms with Crippen molar-refractivity contribution in [2.24, 2.45) is 5.73 Å². The van der Waals surface area contributed by atoms with E-state index in [1.54, 1.807) is 0 Å². The average molecular weight is 299 g/mol. The molecule has 0 heterocycles. The highest BCUT2D eigenvalue weighted by Gasteiger charge is 2.10. The van der Waals surface area contributed by atoms with Crippen LogP contribution in [0.25, 0.3) is 0 Å². The summed E-state index contributed by atoms with van der Waals surface area (Å²) < 4.78 is 1.15. The molecule has 17 heavy (non-hydrogen) atoms. The molecule has 96 valence electrons. The Labute approximate surface area is 113 Å². The Balaban J connectivity index is 2.86. The smallest absolute Gasteiger partial charge is 0.0510 e. The van der Waals surface area contributed by atoms with Crippen molar-refractivity contribution in [1.82, 2.24) is 0 Å². The second-order valence-corrected chi connectivity index (χ2v) is 5.72. The van der Waals surface area contributed by atoms with Crippen LogP contribution in [0, 0.1) is 0 Å². The summed E-state index contributed by atoms with van der Waals surface area (Å²) in [7, 11) is 2.11. The maximum Gasteiger partial charge on any atom is 0.0510 e. The zero-order chi connectivity index (χ0) is 13.0. The second-order valence-electron chi connectivity index (χ2n) is 4.86. The second kappa shape index (κ2) is 6.41. The van der Waals surface area contributed by atoms with Gasteiger partial charge in [0.2, 0.25) is 0 Å². The fraction of sp³-hybridized carbons (Fsp3) is 0.571. The van der Waals surface area contributed by atoms with Crippen molar-refractivity contribution in [2.75, 3.05) is 11.9 Å². The summed E-state index contributed by atoms with van der Waals surface area (Å²) >= 11 is 3.65. The van der Waals surface area contributed by atoms with Gasteiger partial charge in [-0.05, 0) is 60.3 Å². The molecule has 1 unspecified atom stereocenters. The Kier molecular flexibility index (Phi) is 5.47. The molecule has 1 aromatic carbocycles. The van der Waals surface area contributed by atoms with E-state index in [1.165, 1.54) is 11.3 Å². The summed E-state index contributed by atoms with van der Waals surface area (Å²) in [4.78, 5) is 2.26. The van der Waals surface area contributed by atoms with Crippen molar-refractivity contribution in [3.63, 3.8) is 0 Å². The fourth-order valence-electron chi connectivity index (χ4n) is 1.69. The fourth-order valence-corrected chi connectivity index (χ4v) is 2.39. The van der Waals surface area contributed by atoms with E-state index < -0.39 is 0 Å². The van der Waals surface area contributed by atoms with Crippen LogP contribution in [0.1, 0.15) is 32.8 Å². The molecule has 0 fully saturated rings. The van der Waals surface area contributed by atoms with Gasteiger partial charge in [0, 0.05) is 23.6 Å². The highest BCUT2D eigenvalue weighted by atomic mass is 79.9. The molecular formula is C14H23BrN2. The molecule has 0 spiro atoms. The summed E-state index contributed by atoms with van der Waals surface area (Å²) in [5.41, 5.74) is 8.50. The Morgan fingerprint density at radius 3 is 2.47 bits per heavy atom. The van der Waals surface area contributed by atoms with Gasteiger partial charge >= 0.3 is 0 Å². The molecule has 2 nitrogen and oxygen atoms in total. The molecule has 0 saturated heterocycles. The van der Waals surface area contributed by atoms with Crippen LogP contribution in [0.2, 0.25) is 0 Å². The zero-order valence-electron chi connectivity index (χ0n) is 11.2. The molecule has 3 heteroatoms. The van der Waals surface area contributed by atoms with Gasteiger partial charge in [-0.2, -0.15) is 0 Å². The first-order valence-corrected chi connectivity index (χ1v) is 7.01. The van der Waals surface area contributed by atoms with E-state index in [1.807, 2.05) is 0 Å². The zero-order valence-corrected chi connectivity index (χ0v) is 12.8. The monoisotopic (exact) mass is 298 g/mol. The predicted molar refractivity (Wildman–Crippen MR) is 79.7 cm³/mol. The van der Waals surface area contributed by atoms with Crippen molar-refractivity contribution in [3.8, 4) is 0 Å². The first-order valence-electron chi connectivity index (χ1n) is 6.22. The maximum absolute atomic E-state index is 5.98. The van der Waals surface area contributed by atoms with Gasteiger partial charge < -0.3 is 10.6 Å². The summed E-state index contributed by atoms with van der Waals surface area (Å²) in [6.07, 6.45) is 1.96. The number of nitrogens with two attached hydrogens (primary N) is 1. The summed E-state index contributed by atoms with van der Waals surface area (Å²) in [5.74, 6) is 0. The first kappa shape index (κ1) is 14.5. The number of benzene rings is 1. The van der Waals surface area contributed by atoms with Gasteiger partial charge in [0.1, 0.15) is 0 Å². The first-order chi connectivity index (χ1) is 7.95. The molecule has 0 aromatic heterocycles. The highest BCUT2D eigenvalue weighted by molar-refractivity contribution is 9.10. The Bertz CT molecular complexity index is 363. The SMILES string of the molecule is CCC(N)Cc1ccc(N(C)C(C)C)c(Br)c1. The number of halogens is 1. The summed E-state index contributed by atoms with van der Waals surface area (Å²) in [5, 5.41) is 0. The normalized spacial score (nSPS) is 12.9. The van der Waals surface area contributed by atoms with E-state index in [0.29, 0.717) is 6.04 Å². The van der Waals surface area contributed by atoms with Crippen LogP contribution in [0.3, 0.4) is 0 Å². The number of anilines is 1. The van der Waals surface area contributed by atoms with Gasteiger partial charge in [0.25, 0.3) is 0 Å². The molecule has 1 rings (SSSR count). The Morgan fingerprint density at radius 2 is 2.00 bits per heavy atom. The summed E-state index contributed by atoms with van der Waals surface area (Å²) in [6.45, 7) is 6.50. The van der Waals surface area contributed by atoms with Gasteiger partial charge in [-0.3, -0.25) is 0 Å². The maximum atomic E-state index is 5.98. The van der Waals surface area contributed by atoms with Gasteiger partial charge in [-0.25, -0.2) is 0 Å². The van der Waals surface area contributed by atoms with Gasteiger partial charge in [0.05, 0.1) is 5.69 Å². The lowest BCUT2D eigenvalue weighted by Gasteiger charge is -2.25. The number of hydrogen-bond acceptors (Lipinski definition) is 2. The summed E-state index contributed by atoms with van der Waals surface area (Å²) in [6, 6.07) is 7.28. The lowest BCUT2D eigenvalue weighted by molar-refractivity contribution is 0.646. The van der Waals surface area contributed by atoms with Crippen LogP contribution in [0.4, 0.5) is 5.69 Å². The van der Waals surface area contributed by atoms with Crippen LogP contribution in [0.15, 0.2) is 22.7 Å². The molecule has 1 atom stereocenters. The lowest BCUT2D eigenvalue weighted by atomic mass is 10.0. The largest absolute Gasteiger partial charge is 0.371 e. The van der Waals surface area contributed by atoms with Crippen molar-refractivity contribution < 1.29 is 0 Å². The predicted octanol–water partition coefficient (Wildman–Crippen LogP) is 3.57. The van der Waals surface area contributed by atoms with Crippen molar-refractivity contribution in [1.29, 1.82) is 0 Å². The van der Waals surface area contributed by atoms with Crippen LogP contribution in [0.5, 0.6) is 0 Å². The minimum Gasteiger partial charge on any atom is -0.371 e. The Morgan fingerprint density at radius 1 is 1.35 bits per heavy atom. The molecule has 2 N–H and O–H groups in total. The van der Waals surface area contributed by atoms with Crippen LogP contribution >= 0.6 is 15.9 Å². The van der Waals surface area contributed by atoms with Crippen LogP contribution < -0.4 is 10.6 Å². The van der Waals surface area contributed by atoms with E-state index in [4.69, 9.17) is 5.73 Å². The highest BCUT2D eigenvalue weighted by Crippen LogP contribution is 2.28. The van der Waals surface area contributed by atoms with E-state index in [0.717, 1.165) is 17.3 Å². The van der Waals surface area contributed by atoms with Gasteiger partial charge in [-0.15, -0.1) is 0 Å².